The third-order valence-corrected chi connectivity index (χ3v) is 14.6. The summed E-state index contributed by atoms with van der Waals surface area (Å²) in [6.07, 6.45) is 2.52. The topological polar surface area (TPSA) is 20.2 Å². The minimum atomic E-state index is -2.37. The zero-order valence-corrected chi connectivity index (χ0v) is 21.3. The van der Waals surface area contributed by atoms with Crippen LogP contribution in [0.25, 0.3) is 5.57 Å². The molecule has 0 aliphatic heterocycles. The molecule has 156 valence electrons. The number of hydrogen-bond acceptors (Lipinski definition) is 1. The number of benzene rings is 2. The van der Waals surface area contributed by atoms with Gasteiger partial charge in [0.2, 0.25) is 0 Å². The van der Waals surface area contributed by atoms with E-state index in [4.69, 9.17) is 0 Å². The quantitative estimate of drug-likeness (QED) is 0.563. The van der Waals surface area contributed by atoms with Crippen LogP contribution in [-0.2, 0) is 3.71 Å². The Morgan fingerprint density at radius 3 is 1.94 bits per heavy atom. The first-order chi connectivity index (χ1) is 14.5. The predicted molar refractivity (Wildman–Crippen MR) is 136 cm³/mol. The summed E-state index contributed by atoms with van der Waals surface area (Å²) in [6.45, 7) is 15.7. The molecule has 0 spiro atoms. The summed E-state index contributed by atoms with van der Waals surface area (Å²) in [7, 11) is -2.37. The average Bonchev–Trinajstić information content (AvgIpc) is 3.17. The second-order valence-corrected chi connectivity index (χ2v) is 15.3. The maximum atomic E-state index is 12.4. The Balaban J connectivity index is 1.93. The molecule has 0 saturated carbocycles. The monoisotopic (exact) mass is 420 g/mol. The minimum absolute atomic E-state index is 0.176. The van der Waals surface area contributed by atoms with Crippen molar-refractivity contribution >= 4 is 31.4 Å². The van der Waals surface area contributed by atoms with E-state index in [0.29, 0.717) is 5.92 Å². The standard InChI is InChI=1S/C28H33OSi.Li/c1-18-19(2)22(5)28(29,21(18)4)30(6,7)27-17-26(24-15-11-12-16-25(24)27)20(3)23-13-9-8-10-14-23;/h8-17,20,29H,1-7H3;. The molecule has 31 heavy (non-hydrogen) atoms. The van der Waals surface area contributed by atoms with E-state index in [1.807, 2.05) is 0 Å². The van der Waals surface area contributed by atoms with Crippen LogP contribution in [0.2, 0.25) is 13.1 Å². The van der Waals surface area contributed by atoms with Gasteiger partial charge in [-0.25, -0.2) is 0 Å². The van der Waals surface area contributed by atoms with E-state index >= 15 is 0 Å². The van der Waals surface area contributed by atoms with Crippen molar-refractivity contribution in [1.29, 1.82) is 0 Å². The fraction of sp³-hybridized carbons (Fsp3) is 0.357. The van der Waals surface area contributed by atoms with Gasteiger partial charge in [-0.1, -0.05) is 0 Å². The molecule has 4 rings (SSSR count). The van der Waals surface area contributed by atoms with E-state index in [0.717, 1.165) is 11.1 Å². The molecule has 0 fully saturated rings. The zero-order valence-electron chi connectivity index (χ0n) is 20.3. The summed E-state index contributed by atoms with van der Waals surface area (Å²) in [5.41, 5.74) is 10.3. The molecule has 2 aliphatic rings. The van der Waals surface area contributed by atoms with E-state index in [1.54, 1.807) is 0 Å². The molecule has 0 saturated heterocycles. The summed E-state index contributed by atoms with van der Waals surface area (Å²) < 4.78 is -0.176. The van der Waals surface area contributed by atoms with Crippen LogP contribution in [-0.4, -0.2) is 36.1 Å². The van der Waals surface area contributed by atoms with Gasteiger partial charge >= 0.3 is 199 Å². The Bertz CT molecular complexity index is 1110. The van der Waals surface area contributed by atoms with Gasteiger partial charge in [0, 0.05) is 0 Å². The summed E-state index contributed by atoms with van der Waals surface area (Å²) in [5, 5.41) is 11.6. The normalized spacial score (nSPS) is 23.9. The van der Waals surface area contributed by atoms with Crippen molar-refractivity contribution in [3.05, 3.63) is 99.7 Å². The molecule has 0 heterocycles. The number of fused-ring (bicyclic) bond motifs is 1. The van der Waals surface area contributed by atoms with Crippen LogP contribution in [0.3, 0.4) is 0 Å². The van der Waals surface area contributed by atoms with Crippen molar-refractivity contribution < 1.29 is 5.11 Å². The van der Waals surface area contributed by atoms with Gasteiger partial charge in [-0.2, -0.15) is 0 Å². The molecule has 2 aliphatic carbocycles. The average molecular weight is 421 g/mol. The molecule has 1 N–H and O–H groups in total. The van der Waals surface area contributed by atoms with Gasteiger partial charge in [0.1, 0.15) is 0 Å². The molecule has 0 bridgehead atoms. The maximum absolute atomic E-state index is 12.4. The Labute approximate surface area is 198 Å². The number of allylic oxidation sites excluding steroid dienone is 4. The Hall–Kier alpha value is -1.57. The number of aliphatic hydroxyl groups is 1. The molecule has 2 aromatic rings. The van der Waals surface area contributed by atoms with Gasteiger partial charge in [0.25, 0.3) is 0 Å². The van der Waals surface area contributed by atoms with Gasteiger partial charge in [-0.05, 0) is 0 Å². The van der Waals surface area contributed by atoms with Crippen LogP contribution >= 0.6 is 0 Å². The molecule has 2 atom stereocenters. The van der Waals surface area contributed by atoms with Crippen molar-refractivity contribution in [1.82, 2.24) is 0 Å². The van der Waals surface area contributed by atoms with Crippen molar-refractivity contribution in [3.8, 4) is 0 Å². The third-order valence-electron chi connectivity index (χ3n) is 8.98. The van der Waals surface area contributed by atoms with Crippen molar-refractivity contribution in [2.45, 2.75) is 62.6 Å². The third kappa shape index (κ3) is 2.92. The van der Waals surface area contributed by atoms with Crippen LogP contribution in [0.15, 0.2) is 83.0 Å². The molecule has 3 heteroatoms. The van der Waals surface area contributed by atoms with Crippen molar-refractivity contribution in [2.75, 3.05) is 0 Å². The number of rotatable bonds is 4. The van der Waals surface area contributed by atoms with E-state index in [1.165, 1.54) is 33.4 Å². The molecular formula is C28H33LiOSi. The molecule has 0 aromatic heterocycles. The molecular weight excluding hydrogens is 387 g/mol. The second kappa shape index (κ2) is 7.50. The molecule has 0 amide bonds. The molecule has 0 radical (unpaired) electrons. The first-order valence-corrected chi connectivity index (χ1v) is 14.4. The first-order valence-electron chi connectivity index (χ1n) is 11.4. The van der Waals surface area contributed by atoms with Gasteiger partial charge in [-0.15, -0.1) is 0 Å². The van der Waals surface area contributed by atoms with Gasteiger partial charge in [0.05, 0.1) is 0 Å². The summed E-state index contributed by atoms with van der Waals surface area (Å²) in [5.74, 6) is 0.309. The Kier molecular flexibility index (Phi) is 5.47. The summed E-state index contributed by atoms with van der Waals surface area (Å²) in [4.78, 5) is 0. The van der Waals surface area contributed by atoms with Gasteiger partial charge in [-0.3, -0.25) is 0 Å². The molecule has 2 unspecified atom stereocenters. The van der Waals surface area contributed by atoms with Crippen LogP contribution in [0.1, 0.15) is 57.2 Å². The van der Waals surface area contributed by atoms with E-state index < -0.39 is 13.3 Å². The summed E-state index contributed by atoms with van der Waals surface area (Å²) in [6, 6.07) is 19.7. The SMILES string of the molecule is [Li][C]1([Si](C)(C)C2(O)C(C)=C(C)C(C)=C2C)C=C(C(C)c2ccccc2)c2ccccc21. The van der Waals surface area contributed by atoms with Crippen LogP contribution in [0.5, 0.6) is 0 Å². The fourth-order valence-electron chi connectivity index (χ4n) is 6.15. The van der Waals surface area contributed by atoms with Crippen molar-refractivity contribution in [3.63, 3.8) is 0 Å². The first kappa shape index (κ1) is 22.6. The zero-order chi connectivity index (χ0) is 22.8. The van der Waals surface area contributed by atoms with E-state index in [-0.39, 0.29) is 3.71 Å². The van der Waals surface area contributed by atoms with Gasteiger partial charge in [0.15, 0.2) is 0 Å². The molecule has 2 aromatic carbocycles. The molecule has 1 nitrogen and oxygen atoms in total. The Morgan fingerprint density at radius 1 is 0.839 bits per heavy atom. The second-order valence-electron chi connectivity index (χ2n) is 10.3. The van der Waals surface area contributed by atoms with Crippen LogP contribution in [0.4, 0.5) is 0 Å². The van der Waals surface area contributed by atoms with Gasteiger partial charge < -0.3 is 0 Å². The van der Waals surface area contributed by atoms with Crippen LogP contribution in [0, 0.1) is 0 Å². The van der Waals surface area contributed by atoms with E-state index in [9.17, 15) is 5.11 Å². The predicted octanol–water partition coefficient (Wildman–Crippen LogP) is 6.46. The number of hydrogen-bond donors (Lipinski definition) is 1. The van der Waals surface area contributed by atoms with Crippen LogP contribution < -0.4 is 0 Å². The van der Waals surface area contributed by atoms with Crippen molar-refractivity contribution in [2.24, 2.45) is 0 Å². The van der Waals surface area contributed by atoms with E-state index in [2.05, 4.69) is 126 Å². The Morgan fingerprint density at radius 2 is 1.35 bits per heavy atom. The fourth-order valence-corrected chi connectivity index (χ4v) is 10.6. The summed E-state index contributed by atoms with van der Waals surface area (Å²) >= 11 is 2.38.